The molecule has 5 heterocycles. The highest BCUT2D eigenvalue weighted by atomic mass is 16.5. The molecule has 0 aliphatic carbocycles. The van der Waals surface area contributed by atoms with Crippen LogP contribution in [0.4, 0.5) is 11.5 Å². The van der Waals surface area contributed by atoms with Crippen LogP contribution < -0.4 is 10.2 Å². The van der Waals surface area contributed by atoms with E-state index >= 15 is 0 Å². The number of hydrogen-bond donors (Lipinski definition) is 3. The quantitative estimate of drug-likeness (QED) is 0.349. The van der Waals surface area contributed by atoms with Crippen LogP contribution in [0.25, 0.3) is 11.3 Å². The summed E-state index contributed by atoms with van der Waals surface area (Å²) in [6.07, 6.45) is 6.94. The van der Waals surface area contributed by atoms with E-state index in [2.05, 4.69) is 55.6 Å². The Labute approximate surface area is 235 Å². The number of likely N-dealkylation sites (tertiary alicyclic amines) is 1. The number of anilines is 2. The minimum absolute atomic E-state index is 0.228. The van der Waals surface area contributed by atoms with Gasteiger partial charge in [-0.2, -0.15) is 5.10 Å². The fourth-order valence-corrected chi connectivity index (χ4v) is 6.54. The van der Waals surface area contributed by atoms with Crippen molar-refractivity contribution in [2.45, 2.75) is 44.4 Å². The van der Waals surface area contributed by atoms with E-state index in [0.29, 0.717) is 18.3 Å². The third-order valence-corrected chi connectivity index (χ3v) is 8.68. The van der Waals surface area contributed by atoms with E-state index in [1.807, 2.05) is 12.3 Å². The van der Waals surface area contributed by atoms with Gasteiger partial charge in [-0.1, -0.05) is 6.07 Å². The molecule has 1 unspecified atom stereocenters. The summed E-state index contributed by atoms with van der Waals surface area (Å²) in [5, 5.41) is 20.0. The number of rotatable bonds is 10. The zero-order valence-electron chi connectivity index (χ0n) is 23.1. The molecule has 0 spiro atoms. The van der Waals surface area contributed by atoms with E-state index in [4.69, 9.17) is 14.8 Å². The molecule has 0 bridgehead atoms. The van der Waals surface area contributed by atoms with Crippen LogP contribution >= 0.6 is 0 Å². The molecule has 40 heavy (non-hydrogen) atoms. The number of carboxylic acid groups (broad SMARTS) is 1. The summed E-state index contributed by atoms with van der Waals surface area (Å²) in [5.41, 5.74) is 7.17. The van der Waals surface area contributed by atoms with Crippen LogP contribution in [0, 0.1) is 5.92 Å². The lowest BCUT2D eigenvalue weighted by molar-refractivity contribution is -0.137. The van der Waals surface area contributed by atoms with Crippen molar-refractivity contribution in [2.75, 3.05) is 62.7 Å². The molecule has 2 fully saturated rings. The predicted molar refractivity (Wildman–Crippen MR) is 156 cm³/mol. The highest BCUT2D eigenvalue weighted by molar-refractivity contribution is 5.68. The van der Waals surface area contributed by atoms with Gasteiger partial charge in [0.1, 0.15) is 5.82 Å². The Morgan fingerprint density at radius 1 is 1.15 bits per heavy atom. The Bertz CT molecular complexity index is 1290. The van der Waals surface area contributed by atoms with Crippen LogP contribution in [0.15, 0.2) is 42.6 Å². The third kappa shape index (κ3) is 6.31. The topological polar surface area (TPSA) is 107 Å². The first-order chi connectivity index (χ1) is 19.6. The van der Waals surface area contributed by atoms with Gasteiger partial charge in [0.2, 0.25) is 0 Å². The molecule has 1 aromatic carbocycles. The second kappa shape index (κ2) is 12.4. The average Bonchev–Trinajstić information content (AvgIpc) is 3.69. The van der Waals surface area contributed by atoms with Crippen molar-refractivity contribution in [1.82, 2.24) is 20.1 Å². The van der Waals surface area contributed by atoms with Crippen molar-refractivity contribution in [3.8, 4) is 11.3 Å². The normalized spacial score (nSPS) is 20.2. The first-order valence-corrected chi connectivity index (χ1v) is 14.8. The summed E-state index contributed by atoms with van der Waals surface area (Å²) in [5.74, 6) is 1.09. The van der Waals surface area contributed by atoms with E-state index in [0.717, 1.165) is 101 Å². The molecule has 0 amide bonds. The molecule has 2 aromatic heterocycles. The number of hydrogen-bond acceptors (Lipinski definition) is 7. The van der Waals surface area contributed by atoms with Crippen LogP contribution in [0.1, 0.15) is 48.4 Å². The van der Waals surface area contributed by atoms with Gasteiger partial charge in [0.15, 0.2) is 0 Å². The summed E-state index contributed by atoms with van der Waals surface area (Å²) in [4.78, 5) is 21.0. The lowest BCUT2D eigenvalue weighted by Gasteiger charge is -2.31. The standard InChI is InChI=1S/C31H40N6O3/c38-30(39)4-2-11-36-12-8-23(21-36)28(20-26-6-5-22-3-1-9-32-31(22)34-26)24-17-25(29-7-10-33-35-29)19-27(18-24)37-13-15-40-16-14-37/h5-7,10,17-19,23,28H,1-4,8-9,11-16,20-21H2,(H,32,34)(H,33,35)(H,38,39)/t23-,28?/m0/s1. The number of morpholine rings is 1. The molecular weight excluding hydrogens is 504 g/mol. The van der Waals surface area contributed by atoms with Gasteiger partial charge in [-0.05, 0) is 98.5 Å². The number of aryl methyl sites for hydroxylation is 1. The number of ether oxygens (including phenoxy) is 1. The van der Waals surface area contributed by atoms with E-state index in [1.165, 1.54) is 16.8 Å². The van der Waals surface area contributed by atoms with E-state index < -0.39 is 5.97 Å². The molecular formula is C31H40N6O3. The van der Waals surface area contributed by atoms with Crippen LogP contribution in [0.3, 0.4) is 0 Å². The predicted octanol–water partition coefficient (Wildman–Crippen LogP) is 4.18. The van der Waals surface area contributed by atoms with E-state index in [-0.39, 0.29) is 6.42 Å². The zero-order chi connectivity index (χ0) is 27.3. The van der Waals surface area contributed by atoms with Gasteiger partial charge in [-0.15, -0.1) is 0 Å². The van der Waals surface area contributed by atoms with Crippen LogP contribution in [0.2, 0.25) is 0 Å². The summed E-state index contributed by atoms with van der Waals surface area (Å²) in [6.45, 7) is 7.07. The Kier molecular flexibility index (Phi) is 8.29. The number of nitrogens with one attached hydrogen (secondary N) is 2. The lowest BCUT2D eigenvalue weighted by Crippen LogP contribution is -2.36. The number of nitrogens with zero attached hydrogens (tertiary/aromatic N) is 4. The van der Waals surface area contributed by atoms with Crippen molar-refractivity contribution < 1.29 is 14.6 Å². The molecule has 3 N–H and O–H groups in total. The maximum Gasteiger partial charge on any atom is 0.303 e. The second-order valence-corrected chi connectivity index (χ2v) is 11.4. The molecule has 3 aliphatic rings. The molecule has 2 atom stereocenters. The number of fused-ring (bicyclic) bond motifs is 1. The van der Waals surface area contributed by atoms with E-state index in [1.54, 1.807) is 0 Å². The highest BCUT2D eigenvalue weighted by Crippen LogP contribution is 2.39. The van der Waals surface area contributed by atoms with Crippen LogP contribution in [0.5, 0.6) is 0 Å². The molecule has 0 saturated carbocycles. The largest absolute Gasteiger partial charge is 0.481 e. The number of pyridine rings is 1. The third-order valence-electron chi connectivity index (χ3n) is 8.68. The molecule has 6 rings (SSSR count). The fraction of sp³-hybridized carbons (Fsp3) is 0.516. The van der Waals surface area contributed by atoms with Crippen LogP contribution in [-0.4, -0.2) is 83.6 Å². The molecule has 9 heteroatoms. The fourth-order valence-electron chi connectivity index (χ4n) is 6.54. The van der Waals surface area contributed by atoms with Crippen molar-refractivity contribution in [2.24, 2.45) is 5.92 Å². The smallest absolute Gasteiger partial charge is 0.303 e. The number of carboxylic acids is 1. The average molecular weight is 545 g/mol. The molecule has 9 nitrogen and oxygen atoms in total. The highest BCUT2D eigenvalue weighted by Gasteiger charge is 2.32. The molecule has 2 saturated heterocycles. The van der Waals surface area contributed by atoms with Crippen LogP contribution in [-0.2, 0) is 22.4 Å². The number of aromatic amines is 1. The van der Waals surface area contributed by atoms with Gasteiger partial charge in [0.25, 0.3) is 0 Å². The van der Waals surface area contributed by atoms with E-state index in [9.17, 15) is 4.79 Å². The Hall–Kier alpha value is -3.43. The number of benzene rings is 1. The maximum atomic E-state index is 11.1. The van der Waals surface area contributed by atoms with Gasteiger partial charge >= 0.3 is 5.97 Å². The summed E-state index contributed by atoms with van der Waals surface area (Å²) in [7, 11) is 0. The summed E-state index contributed by atoms with van der Waals surface area (Å²) in [6, 6.07) is 13.5. The summed E-state index contributed by atoms with van der Waals surface area (Å²) >= 11 is 0. The van der Waals surface area contributed by atoms with Gasteiger partial charge in [0, 0.05) is 55.7 Å². The van der Waals surface area contributed by atoms with Gasteiger partial charge in [-0.25, -0.2) is 4.98 Å². The second-order valence-electron chi connectivity index (χ2n) is 11.4. The molecule has 212 valence electrons. The Morgan fingerprint density at radius 3 is 2.88 bits per heavy atom. The Balaban J connectivity index is 1.33. The molecule has 3 aliphatic heterocycles. The first kappa shape index (κ1) is 26.8. The van der Waals surface area contributed by atoms with Gasteiger partial charge in [0.05, 0.1) is 18.9 Å². The van der Waals surface area contributed by atoms with Crippen molar-refractivity contribution in [3.63, 3.8) is 0 Å². The SMILES string of the molecule is O=C(O)CCCN1CC[C@H](C(Cc2ccc3c(n2)NCCC3)c2cc(-c3ccn[nH]3)cc(N3CCOCC3)c2)C1. The van der Waals surface area contributed by atoms with Gasteiger partial charge < -0.3 is 25.0 Å². The number of aromatic nitrogens is 3. The number of aliphatic carboxylic acids is 1. The minimum atomic E-state index is -0.716. The zero-order valence-corrected chi connectivity index (χ0v) is 23.1. The Morgan fingerprint density at radius 2 is 2.05 bits per heavy atom. The maximum absolute atomic E-state index is 11.1. The molecule has 0 radical (unpaired) electrons. The monoisotopic (exact) mass is 544 g/mol. The number of H-pyrrole nitrogens is 1. The first-order valence-electron chi connectivity index (χ1n) is 14.8. The van der Waals surface area contributed by atoms with Crippen molar-refractivity contribution in [1.29, 1.82) is 0 Å². The van der Waals surface area contributed by atoms with Crippen molar-refractivity contribution >= 4 is 17.5 Å². The van der Waals surface area contributed by atoms with Gasteiger partial charge in [-0.3, -0.25) is 9.89 Å². The number of carbonyl (C=O) groups is 1. The molecule has 3 aromatic rings. The minimum Gasteiger partial charge on any atom is -0.481 e. The summed E-state index contributed by atoms with van der Waals surface area (Å²) < 4.78 is 5.65. The lowest BCUT2D eigenvalue weighted by atomic mass is 9.81. The van der Waals surface area contributed by atoms with Crippen molar-refractivity contribution in [3.05, 3.63) is 59.4 Å².